The third-order valence-electron chi connectivity index (χ3n) is 3.85. The molecule has 0 unspecified atom stereocenters. The van der Waals surface area contributed by atoms with E-state index in [1.54, 1.807) is 30.5 Å². The molecule has 0 aliphatic heterocycles. The fourth-order valence-electron chi connectivity index (χ4n) is 2.52. The second-order valence-corrected chi connectivity index (χ2v) is 6.64. The molecular weight excluding hydrogens is 390 g/mol. The molecule has 0 radical (unpaired) electrons. The summed E-state index contributed by atoms with van der Waals surface area (Å²) in [5, 5.41) is 3.57. The van der Waals surface area contributed by atoms with Crippen LogP contribution in [0.4, 0.5) is 15.9 Å². The first-order valence-electron chi connectivity index (χ1n) is 8.00. The number of aromatic nitrogens is 2. The van der Waals surface area contributed by atoms with Crippen LogP contribution in [0.1, 0.15) is 21.6 Å². The Morgan fingerprint density at radius 2 is 2.00 bits per heavy atom. The molecule has 8 heteroatoms. The van der Waals surface area contributed by atoms with Gasteiger partial charge in [0.25, 0.3) is 0 Å². The van der Waals surface area contributed by atoms with Crippen molar-refractivity contribution in [3.63, 3.8) is 0 Å². The van der Waals surface area contributed by atoms with E-state index in [0.29, 0.717) is 27.7 Å². The zero-order valence-corrected chi connectivity index (χ0v) is 15.6. The molecule has 0 bridgehead atoms. The molecule has 0 amide bonds. The molecule has 2 aromatic heterocycles. The maximum Gasteiger partial charge on any atom is 0.187 e. The number of Topliss-reactive ketones (excluding diaryl/α,β-unsaturated/α-hetero) is 1. The van der Waals surface area contributed by atoms with Gasteiger partial charge in [-0.2, -0.15) is 0 Å². The van der Waals surface area contributed by atoms with Crippen molar-refractivity contribution in [1.82, 2.24) is 9.97 Å². The molecule has 3 N–H and O–H groups in total. The van der Waals surface area contributed by atoms with Gasteiger partial charge in [-0.15, -0.1) is 0 Å². The van der Waals surface area contributed by atoms with Crippen LogP contribution in [0.3, 0.4) is 0 Å². The molecule has 1 aromatic carbocycles. The van der Waals surface area contributed by atoms with Crippen LogP contribution in [0.15, 0.2) is 48.8 Å². The molecule has 0 saturated carbocycles. The van der Waals surface area contributed by atoms with E-state index in [9.17, 15) is 9.18 Å². The highest BCUT2D eigenvalue weighted by atomic mass is 35.5. The van der Waals surface area contributed by atoms with E-state index in [0.717, 1.165) is 0 Å². The van der Waals surface area contributed by atoms with Gasteiger partial charge in [-0.05, 0) is 29.8 Å². The first-order chi connectivity index (χ1) is 12.9. The van der Waals surface area contributed by atoms with E-state index >= 15 is 0 Å². The lowest BCUT2D eigenvalue weighted by Crippen LogP contribution is -2.09. The zero-order valence-electron chi connectivity index (χ0n) is 14.0. The predicted octanol–water partition coefficient (Wildman–Crippen LogP) is 4.54. The normalized spacial score (nSPS) is 10.6. The molecule has 3 aromatic rings. The van der Waals surface area contributed by atoms with Crippen LogP contribution in [-0.4, -0.2) is 15.8 Å². The van der Waals surface area contributed by atoms with E-state index in [2.05, 4.69) is 15.3 Å². The van der Waals surface area contributed by atoms with Crippen LogP contribution in [0, 0.1) is 5.82 Å². The van der Waals surface area contributed by atoms with Gasteiger partial charge >= 0.3 is 0 Å². The number of ketones is 1. The number of carbonyl (C=O) groups is 1. The van der Waals surface area contributed by atoms with Crippen LogP contribution in [-0.2, 0) is 13.0 Å². The maximum atomic E-state index is 14.1. The van der Waals surface area contributed by atoms with Gasteiger partial charge in [0.2, 0.25) is 0 Å². The number of halogens is 3. The molecule has 3 rings (SSSR count). The number of pyridine rings is 2. The van der Waals surface area contributed by atoms with Gasteiger partial charge in [0, 0.05) is 30.9 Å². The number of hydrogen-bond acceptors (Lipinski definition) is 5. The third-order valence-corrected chi connectivity index (χ3v) is 4.35. The number of carbonyl (C=O) groups excluding carboxylic acids is 1. The molecule has 0 aliphatic rings. The zero-order chi connectivity index (χ0) is 19.4. The van der Waals surface area contributed by atoms with Crippen molar-refractivity contribution in [3.8, 4) is 0 Å². The largest absolute Gasteiger partial charge is 0.382 e. The van der Waals surface area contributed by atoms with E-state index in [1.807, 2.05) is 0 Å². The summed E-state index contributed by atoms with van der Waals surface area (Å²) in [6.45, 7) is 0.198. The van der Waals surface area contributed by atoms with Crippen molar-refractivity contribution in [2.75, 3.05) is 11.1 Å². The molecule has 0 fully saturated rings. The van der Waals surface area contributed by atoms with E-state index in [1.165, 1.54) is 18.3 Å². The Labute approximate surface area is 165 Å². The van der Waals surface area contributed by atoms with Crippen molar-refractivity contribution in [2.24, 2.45) is 0 Å². The van der Waals surface area contributed by atoms with Crippen LogP contribution in [0.25, 0.3) is 0 Å². The predicted molar refractivity (Wildman–Crippen MR) is 105 cm³/mol. The van der Waals surface area contributed by atoms with E-state index in [4.69, 9.17) is 28.9 Å². The lowest BCUT2D eigenvalue weighted by molar-refractivity contribution is 0.0988. The van der Waals surface area contributed by atoms with Gasteiger partial charge in [0.15, 0.2) is 5.78 Å². The Hall–Kier alpha value is -2.70. The number of nitrogens with zero attached hydrogens (tertiary/aromatic N) is 2. The lowest BCUT2D eigenvalue weighted by atomic mass is 10.0. The summed E-state index contributed by atoms with van der Waals surface area (Å²) in [6.07, 6.45) is 2.97. The van der Waals surface area contributed by atoms with Gasteiger partial charge in [0.1, 0.15) is 17.3 Å². The standard InChI is InChI=1S/C19H15Cl2FN4O/c20-13-8-14(21)18(26-10-13)17(27)7-11-3-4-15(22)12(6-11)9-25-16-2-1-5-24-19(16)23/h1-6,8,10,25H,7,9H2,(H2,23,24). The highest BCUT2D eigenvalue weighted by Crippen LogP contribution is 2.21. The smallest absolute Gasteiger partial charge is 0.187 e. The number of hydrogen-bond donors (Lipinski definition) is 2. The lowest BCUT2D eigenvalue weighted by Gasteiger charge is -2.11. The summed E-state index contributed by atoms with van der Waals surface area (Å²) >= 11 is 11.8. The molecular formula is C19H15Cl2FN4O. The van der Waals surface area contributed by atoms with Crippen LogP contribution < -0.4 is 11.1 Å². The van der Waals surface area contributed by atoms with Gasteiger partial charge in [-0.3, -0.25) is 4.79 Å². The van der Waals surface area contributed by atoms with Crippen LogP contribution >= 0.6 is 23.2 Å². The Bertz CT molecular complexity index is 997. The molecule has 2 heterocycles. The van der Waals surface area contributed by atoms with Crippen LogP contribution in [0.2, 0.25) is 10.0 Å². The van der Waals surface area contributed by atoms with Crippen LogP contribution in [0.5, 0.6) is 0 Å². The Morgan fingerprint density at radius 1 is 1.19 bits per heavy atom. The molecule has 5 nitrogen and oxygen atoms in total. The SMILES string of the molecule is Nc1ncccc1NCc1cc(CC(=O)c2ncc(Cl)cc2Cl)ccc1F. The molecule has 0 saturated heterocycles. The molecule has 27 heavy (non-hydrogen) atoms. The molecule has 0 aliphatic carbocycles. The summed E-state index contributed by atoms with van der Waals surface area (Å²) in [7, 11) is 0. The number of nitrogen functional groups attached to an aromatic ring is 1. The first kappa shape index (κ1) is 19.1. The van der Waals surface area contributed by atoms with E-state index in [-0.39, 0.29) is 35.3 Å². The Morgan fingerprint density at radius 3 is 2.74 bits per heavy atom. The number of nitrogens with two attached hydrogens (primary N) is 1. The Balaban J connectivity index is 1.74. The minimum absolute atomic E-state index is 0.0384. The molecule has 138 valence electrons. The highest BCUT2D eigenvalue weighted by Gasteiger charge is 2.14. The summed E-state index contributed by atoms with van der Waals surface area (Å²) in [6, 6.07) is 9.44. The fourth-order valence-corrected chi connectivity index (χ4v) is 3.01. The molecule has 0 spiro atoms. The van der Waals surface area contributed by atoms with Gasteiger partial charge in [-0.25, -0.2) is 14.4 Å². The van der Waals surface area contributed by atoms with Crippen molar-refractivity contribution in [1.29, 1.82) is 0 Å². The van der Waals surface area contributed by atoms with E-state index < -0.39 is 0 Å². The minimum atomic E-state index is -0.385. The van der Waals surface area contributed by atoms with Crippen molar-refractivity contribution < 1.29 is 9.18 Å². The maximum absolute atomic E-state index is 14.1. The average molecular weight is 405 g/mol. The fraction of sp³-hybridized carbons (Fsp3) is 0.105. The number of rotatable bonds is 6. The summed E-state index contributed by atoms with van der Waals surface area (Å²) in [4.78, 5) is 20.4. The van der Waals surface area contributed by atoms with Crippen molar-refractivity contribution in [2.45, 2.75) is 13.0 Å². The second kappa shape index (κ2) is 8.33. The Kier molecular flexibility index (Phi) is 5.88. The highest BCUT2D eigenvalue weighted by molar-refractivity contribution is 6.36. The minimum Gasteiger partial charge on any atom is -0.382 e. The topological polar surface area (TPSA) is 80.9 Å². The summed E-state index contributed by atoms with van der Waals surface area (Å²) in [5.74, 6) is -0.338. The first-order valence-corrected chi connectivity index (χ1v) is 8.75. The van der Waals surface area contributed by atoms with Crippen molar-refractivity contribution >= 4 is 40.5 Å². The van der Waals surface area contributed by atoms with Gasteiger partial charge < -0.3 is 11.1 Å². The third kappa shape index (κ3) is 4.72. The number of nitrogens with one attached hydrogen (secondary N) is 1. The number of anilines is 2. The quantitative estimate of drug-likeness (QED) is 0.589. The second-order valence-electron chi connectivity index (χ2n) is 5.80. The van der Waals surface area contributed by atoms with Gasteiger partial charge in [0.05, 0.1) is 15.7 Å². The average Bonchev–Trinajstić information content (AvgIpc) is 2.63. The monoisotopic (exact) mass is 404 g/mol. The number of benzene rings is 1. The summed E-state index contributed by atoms with van der Waals surface area (Å²) < 4.78 is 14.1. The van der Waals surface area contributed by atoms with Gasteiger partial charge in [-0.1, -0.05) is 35.3 Å². The summed E-state index contributed by atoms with van der Waals surface area (Å²) in [5.41, 5.74) is 7.55. The van der Waals surface area contributed by atoms with Crippen molar-refractivity contribution in [3.05, 3.63) is 81.5 Å². The molecule has 0 atom stereocenters.